The van der Waals surface area contributed by atoms with Gasteiger partial charge in [0.15, 0.2) is 13.1 Å². The molecule has 0 bridgehead atoms. The van der Waals surface area contributed by atoms with Crippen LogP contribution in [0.25, 0.3) is 0 Å². The number of nitrogens with zero attached hydrogens (tertiary/aromatic N) is 1. The summed E-state index contributed by atoms with van der Waals surface area (Å²) in [7, 11) is 3.74. The van der Waals surface area contributed by atoms with Crippen molar-refractivity contribution in [1.29, 1.82) is 0 Å². The minimum absolute atomic E-state index is 0.108. The Balaban J connectivity index is 1.92. The minimum atomic E-state index is -0.108. The first kappa shape index (κ1) is 18.7. The maximum atomic E-state index is 12.3. The average Bonchev–Trinajstić information content (AvgIpc) is 2.50. The van der Waals surface area contributed by atoms with Crippen molar-refractivity contribution in [2.75, 3.05) is 37.8 Å². The molecule has 5 nitrogen and oxygen atoms in total. The van der Waals surface area contributed by atoms with Gasteiger partial charge in [0.25, 0.3) is 11.8 Å². The first-order valence-corrected chi connectivity index (χ1v) is 8.30. The third kappa shape index (κ3) is 5.72. The van der Waals surface area contributed by atoms with Crippen molar-refractivity contribution in [3.05, 3.63) is 59.7 Å². The molecule has 0 unspecified atom stereocenters. The van der Waals surface area contributed by atoms with E-state index in [-0.39, 0.29) is 29.4 Å². The Hall–Kier alpha value is -2.66. The van der Waals surface area contributed by atoms with Gasteiger partial charge < -0.3 is 15.1 Å². The van der Waals surface area contributed by atoms with Crippen molar-refractivity contribution >= 4 is 23.2 Å². The molecule has 0 aliphatic rings. The molecule has 0 radical (unpaired) electrons. The van der Waals surface area contributed by atoms with E-state index in [1.54, 1.807) is 0 Å². The molecule has 5 heteroatoms. The fourth-order valence-corrected chi connectivity index (χ4v) is 2.64. The van der Waals surface area contributed by atoms with Crippen LogP contribution in [0.3, 0.4) is 0 Å². The van der Waals surface area contributed by atoms with Gasteiger partial charge in [-0.15, -0.1) is 0 Å². The summed E-state index contributed by atoms with van der Waals surface area (Å²) in [4.78, 5) is 24.6. The number of hydrogen-bond donors (Lipinski definition) is 2. The summed E-state index contributed by atoms with van der Waals surface area (Å²) in [5, 5.41) is 5.82. The molecule has 2 aromatic carbocycles. The second kappa shape index (κ2) is 7.94. The van der Waals surface area contributed by atoms with Gasteiger partial charge in [-0.25, -0.2) is 0 Å². The highest BCUT2D eigenvalue weighted by Gasteiger charge is 2.24. The number of likely N-dealkylation sites (N-methyl/N-ethyl adjacent to an activating group) is 1. The molecule has 0 atom stereocenters. The molecular weight excluding hydrogens is 314 g/mol. The van der Waals surface area contributed by atoms with E-state index in [9.17, 15) is 9.59 Å². The van der Waals surface area contributed by atoms with E-state index in [1.807, 2.05) is 76.5 Å². The number of hydrogen-bond acceptors (Lipinski definition) is 2. The van der Waals surface area contributed by atoms with E-state index in [1.165, 1.54) is 0 Å². The van der Waals surface area contributed by atoms with Crippen LogP contribution in [-0.2, 0) is 9.59 Å². The van der Waals surface area contributed by atoms with Crippen LogP contribution in [0, 0.1) is 13.8 Å². The molecule has 0 spiro atoms. The molecule has 0 fully saturated rings. The Morgan fingerprint density at radius 2 is 1.12 bits per heavy atom. The van der Waals surface area contributed by atoms with Crippen molar-refractivity contribution in [2.24, 2.45) is 0 Å². The Morgan fingerprint density at radius 1 is 0.760 bits per heavy atom. The lowest BCUT2D eigenvalue weighted by molar-refractivity contribution is -0.874. The van der Waals surface area contributed by atoms with Crippen molar-refractivity contribution in [1.82, 2.24) is 0 Å². The third-order valence-electron chi connectivity index (χ3n) is 3.98. The Bertz CT molecular complexity index is 706. The largest absolute Gasteiger partial charge is 0.321 e. The normalized spacial score (nSPS) is 11.0. The lowest BCUT2D eigenvalue weighted by Gasteiger charge is -2.28. The van der Waals surface area contributed by atoms with Crippen LogP contribution >= 0.6 is 0 Å². The van der Waals surface area contributed by atoms with Crippen LogP contribution in [0.5, 0.6) is 0 Å². The number of carbonyl (C=O) groups excluding carboxylic acids is 2. The van der Waals surface area contributed by atoms with Gasteiger partial charge in [-0.1, -0.05) is 36.4 Å². The molecule has 2 rings (SSSR count). The quantitative estimate of drug-likeness (QED) is 0.794. The van der Waals surface area contributed by atoms with Crippen LogP contribution < -0.4 is 10.6 Å². The topological polar surface area (TPSA) is 58.2 Å². The van der Waals surface area contributed by atoms with Crippen LogP contribution in [-0.4, -0.2) is 43.5 Å². The number of carbonyl (C=O) groups is 2. The number of para-hydroxylation sites is 2. The smallest absolute Gasteiger partial charge is 0.279 e. The zero-order valence-electron chi connectivity index (χ0n) is 15.3. The third-order valence-corrected chi connectivity index (χ3v) is 3.98. The van der Waals surface area contributed by atoms with Gasteiger partial charge >= 0.3 is 0 Å². The van der Waals surface area contributed by atoms with Gasteiger partial charge in [-0.3, -0.25) is 9.59 Å². The molecule has 25 heavy (non-hydrogen) atoms. The predicted molar refractivity (Wildman–Crippen MR) is 101 cm³/mol. The maximum Gasteiger partial charge on any atom is 0.279 e. The second-order valence-corrected chi connectivity index (χ2v) is 6.98. The molecule has 2 amide bonds. The van der Waals surface area contributed by atoms with Gasteiger partial charge in [-0.2, -0.15) is 0 Å². The fraction of sp³-hybridized carbons (Fsp3) is 0.300. The van der Waals surface area contributed by atoms with E-state index in [0.29, 0.717) is 0 Å². The molecule has 0 heterocycles. The van der Waals surface area contributed by atoms with Gasteiger partial charge in [0.1, 0.15) is 0 Å². The van der Waals surface area contributed by atoms with Crippen LogP contribution in [0.1, 0.15) is 11.1 Å². The van der Waals surface area contributed by atoms with E-state index in [2.05, 4.69) is 10.6 Å². The Kier molecular flexibility index (Phi) is 5.93. The second-order valence-electron chi connectivity index (χ2n) is 6.98. The monoisotopic (exact) mass is 340 g/mol. The summed E-state index contributed by atoms with van der Waals surface area (Å²) >= 11 is 0. The van der Waals surface area contributed by atoms with Crippen molar-refractivity contribution < 1.29 is 14.1 Å². The fourth-order valence-electron chi connectivity index (χ4n) is 2.64. The lowest BCUT2D eigenvalue weighted by Crippen LogP contribution is -2.49. The molecule has 0 saturated carbocycles. The molecule has 0 aromatic heterocycles. The average molecular weight is 340 g/mol. The summed E-state index contributed by atoms with van der Waals surface area (Å²) in [6.45, 7) is 4.33. The lowest BCUT2D eigenvalue weighted by atomic mass is 10.2. The van der Waals surface area contributed by atoms with E-state index in [0.717, 1.165) is 22.5 Å². The van der Waals surface area contributed by atoms with E-state index >= 15 is 0 Å². The summed E-state index contributed by atoms with van der Waals surface area (Å²) in [6, 6.07) is 15.3. The number of amides is 2. The number of nitrogens with one attached hydrogen (secondary N) is 2. The van der Waals surface area contributed by atoms with Crippen LogP contribution in [0.15, 0.2) is 48.5 Å². The molecule has 0 aliphatic heterocycles. The zero-order chi connectivity index (χ0) is 18.4. The number of anilines is 2. The van der Waals surface area contributed by atoms with E-state index in [4.69, 9.17) is 0 Å². The summed E-state index contributed by atoms with van der Waals surface area (Å²) in [5.41, 5.74) is 3.63. The molecule has 2 aromatic rings. The number of benzene rings is 2. The zero-order valence-corrected chi connectivity index (χ0v) is 15.3. The Morgan fingerprint density at radius 3 is 1.48 bits per heavy atom. The highest BCUT2D eigenvalue weighted by Crippen LogP contribution is 2.15. The van der Waals surface area contributed by atoms with Crippen LogP contribution in [0.4, 0.5) is 11.4 Å². The first-order chi connectivity index (χ1) is 11.8. The van der Waals surface area contributed by atoms with E-state index < -0.39 is 0 Å². The summed E-state index contributed by atoms with van der Waals surface area (Å²) in [5.74, 6) is -0.217. The molecule has 0 saturated heterocycles. The number of quaternary nitrogens is 1. The highest BCUT2D eigenvalue weighted by atomic mass is 16.2. The molecular formula is C20H26N3O2+. The predicted octanol–water partition coefficient (Wildman–Crippen LogP) is 2.96. The summed E-state index contributed by atoms with van der Waals surface area (Å²) < 4.78 is 0.273. The highest BCUT2D eigenvalue weighted by molar-refractivity contribution is 5.94. The van der Waals surface area contributed by atoms with Gasteiger partial charge in [-0.05, 0) is 37.1 Å². The minimum Gasteiger partial charge on any atom is -0.321 e. The van der Waals surface area contributed by atoms with Crippen molar-refractivity contribution in [3.8, 4) is 0 Å². The molecule has 2 N–H and O–H groups in total. The van der Waals surface area contributed by atoms with Gasteiger partial charge in [0.2, 0.25) is 0 Å². The van der Waals surface area contributed by atoms with Crippen molar-refractivity contribution in [2.45, 2.75) is 13.8 Å². The van der Waals surface area contributed by atoms with Crippen molar-refractivity contribution in [3.63, 3.8) is 0 Å². The number of rotatable bonds is 6. The summed E-state index contributed by atoms with van der Waals surface area (Å²) in [6.07, 6.45) is 0. The number of aryl methyl sites for hydroxylation is 2. The maximum absolute atomic E-state index is 12.3. The van der Waals surface area contributed by atoms with Gasteiger partial charge in [0, 0.05) is 11.4 Å². The molecule has 132 valence electrons. The standard InChI is InChI=1S/C20H25N3O2/c1-15-9-5-7-11-17(15)21-19(24)13-23(3,4)14-20(25)22-18-12-8-6-10-16(18)2/h5-12H,13-14H2,1-4H3,(H-,21,22,24,25)/p+1. The van der Waals surface area contributed by atoms with Crippen LogP contribution in [0.2, 0.25) is 0 Å². The van der Waals surface area contributed by atoms with Gasteiger partial charge in [0.05, 0.1) is 14.1 Å². The SMILES string of the molecule is Cc1ccccc1NC(=O)C[N+](C)(C)CC(=O)Nc1ccccc1C. The first-order valence-electron chi connectivity index (χ1n) is 8.30. The molecule has 0 aliphatic carbocycles. The Labute approximate surface area is 149 Å².